The number of imidazole rings is 1. The third-order valence-corrected chi connectivity index (χ3v) is 6.90. The fraction of sp³-hybridized carbons (Fsp3) is 0.323. The highest BCUT2D eigenvalue weighted by Crippen LogP contribution is 2.40. The van der Waals surface area contributed by atoms with E-state index in [0.29, 0.717) is 27.8 Å². The molecule has 4 aromatic rings. The number of phenolic OH excluding ortho intramolecular Hbond substituents is 1. The number of phenols is 1. The van der Waals surface area contributed by atoms with Crippen LogP contribution in [0.25, 0.3) is 11.0 Å². The Morgan fingerprint density at radius 3 is 1.84 bits per heavy atom. The van der Waals surface area contributed by atoms with Gasteiger partial charge in [0.2, 0.25) is 5.62 Å². The van der Waals surface area contributed by atoms with E-state index in [-0.39, 0.29) is 46.6 Å². The molecule has 0 radical (unpaired) electrons. The first kappa shape index (κ1) is 26.9. The lowest BCUT2D eigenvalue weighted by Gasteiger charge is -2.28. The number of nitrogens with zero attached hydrogens (tertiary/aromatic N) is 2. The number of ketones is 1. The van der Waals surface area contributed by atoms with Crippen LogP contribution in [0.15, 0.2) is 60.7 Å². The number of Topliss-reactive ketones (excluding diaryl/α,β-unsaturated/α-hetero) is 1. The maximum absolute atomic E-state index is 13.7. The van der Waals surface area contributed by atoms with Crippen LogP contribution in [-0.2, 0) is 23.9 Å². The lowest BCUT2D eigenvalue weighted by atomic mass is 9.78. The molecule has 0 unspecified atom stereocenters. The summed E-state index contributed by atoms with van der Waals surface area (Å²) in [5.41, 5.74) is 3.46. The van der Waals surface area contributed by atoms with E-state index in [9.17, 15) is 19.8 Å². The van der Waals surface area contributed by atoms with Gasteiger partial charge in [0.15, 0.2) is 5.78 Å². The predicted molar refractivity (Wildman–Crippen MR) is 148 cm³/mol. The quantitative estimate of drug-likeness (QED) is 0.281. The van der Waals surface area contributed by atoms with Gasteiger partial charge in [-0.25, -0.2) is 4.79 Å². The molecule has 198 valence electrons. The first-order chi connectivity index (χ1) is 17.7. The smallest absolute Gasteiger partial charge is 0.336 e. The number of carboxylic acids is 1. The Labute approximate surface area is 222 Å². The maximum Gasteiger partial charge on any atom is 0.336 e. The number of hydrogen-bond acceptors (Lipinski definition) is 4. The van der Waals surface area contributed by atoms with Gasteiger partial charge in [-0.05, 0) is 46.7 Å². The van der Waals surface area contributed by atoms with Crippen LogP contribution < -0.4 is 5.62 Å². The Balaban J connectivity index is 1.82. The van der Waals surface area contributed by atoms with Crippen LogP contribution in [0.5, 0.6) is 5.75 Å². The van der Waals surface area contributed by atoms with E-state index in [1.54, 1.807) is 45.5 Å². The Morgan fingerprint density at radius 2 is 1.32 bits per heavy atom. The zero-order valence-corrected chi connectivity index (χ0v) is 22.8. The van der Waals surface area contributed by atoms with Crippen molar-refractivity contribution in [2.45, 2.75) is 65.5 Å². The third kappa shape index (κ3) is 5.01. The molecule has 0 saturated heterocycles. The summed E-state index contributed by atoms with van der Waals surface area (Å²) >= 11 is 0. The summed E-state index contributed by atoms with van der Waals surface area (Å²) in [5, 5.41) is 29.6. The standard InChI is InChI=1S/C31H35N3O4/c1-30(2,3)22-15-20(16-23(27(22)36)31(4,5)6)26(35)18-34-25-14-10-9-13-24(25)33(29(34)32)17-19-11-7-8-12-21(19)28(37)38/h7-16,32,36H,17-18H2,1-6H3,(H,37,38). The number of aromatic hydroxyl groups is 1. The van der Waals surface area contributed by atoms with Gasteiger partial charge in [0, 0.05) is 16.7 Å². The highest BCUT2D eigenvalue weighted by atomic mass is 16.4. The van der Waals surface area contributed by atoms with Crippen molar-refractivity contribution < 1.29 is 19.8 Å². The van der Waals surface area contributed by atoms with Gasteiger partial charge in [-0.2, -0.15) is 0 Å². The molecule has 0 aliphatic rings. The predicted octanol–water partition coefficient (Wildman–Crippen LogP) is 5.85. The molecule has 0 spiro atoms. The number of benzene rings is 3. The summed E-state index contributed by atoms with van der Waals surface area (Å²) in [5.74, 6) is -0.985. The molecular weight excluding hydrogens is 478 g/mol. The molecule has 3 N–H and O–H groups in total. The SMILES string of the molecule is CC(C)(C)c1cc(C(=O)Cn2c(=N)n(Cc3ccccc3C(=O)O)c3ccccc32)cc(C(C)(C)C)c1O. The minimum Gasteiger partial charge on any atom is -0.507 e. The third-order valence-electron chi connectivity index (χ3n) is 6.90. The summed E-state index contributed by atoms with van der Waals surface area (Å²) in [6, 6.07) is 17.7. The Hall–Kier alpha value is -4.13. The molecule has 38 heavy (non-hydrogen) atoms. The van der Waals surface area contributed by atoms with Gasteiger partial charge >= 0.3 is 5.97 Å². The average Bonchev–Trinajstić information content (AvgIpc) is 3.09. The zero-order valence-electron chi connectivity index (χ0n) is 22.8. The number of para-hydroxylation sites is 2. The van der Waals surface area contributed by atoms with E-state index in [2.05, 4.69) is 0 Å². The second-order valence-electron chi connectivity index (χ2n) is 11.8. The van der Waals surface area contributed by atoms with Crippen molar-refractivity contribution in [2.75, 3.05) is 0 Å². The van der Waals surface area contributed by atoms with Crippen LogP contribution >= 0.6 is 0 Å². The molecule has 4 rings (SSSR count). The van der Waals surface area contributed by atoms with Gasteiger partial charge in [0.25, 0.3) is 0 Å². The average molecular weight is 514 g/mol. The fourth-order valence-electron chi connectivity index (χ4n) is 4.83. The zero-order chi connectivity index (χ0) is 28.0. The number of hydrogen-bond donors (Lipinski definition) is 3. The van der Waals surface area contributed by atoms with Crippen molar-refractivity contribution in [1.82, 2.24) is 9.13 Å². The lowest BCUT2D eigenvalue weighted by molar-refractivity contribution is 0.0695. The number of carbonyl (C=O) groups excluding carboxylic acids is 1. The number of aromatic carboxylic acids is 1. The highest BCUT2D eigenvalue weighted by molar-refractivity contribution is 5.97. The van der Waals surface area contributed by atoms with Crippen molar-refractivity contribution in [3.05, 3.63) is 94.1 Å². The van der Waals surface area contributed by atoms with Gasteiger partial charge in [0.05, 0.1) is 29.7 Å². The molecule has 0 bridgehead atoms. The number of rotatable bonds is 6. The molecule has 0 amide bonds. The molecular formula is C31H35N3O4. The molecule has 0 atom stereocenters. The largest absolute Gasteiger partial charge is 0.507 e. The first-order valence-corrected chi connectivity index (χ1v) is 12.6. The number of fused-ring (bicyclic) bond motifs is 1. The van der Waals surface area contributed by atoms with E-state index in [1.807, 2.05) is 65.8 Å². The minimum atomic E-state index is -1.02. The van der Waals surface area contributed by atoms with E-state index < -0.39 is 5.97 Å². The van der Waals surface area contributed by atoms with Crippen molar-refractivity contribution in [1.29, 1.82) is 5.41 Å². The van der Waals surface area contributed by atoms with Gasteiger partial charge in [-0.15, -0.1) is 0 Å². The van der Waals surface area contributed by atoms with Crippen LogP contribution in [0.3, 0.4) is 0 Å². The second-order valence-corrected chi connectivity index (χ2v) is 11.8. The topological polar surface area (TPSA) is 108 Å². The van der Waals surface area contributed by atoms with Crippen molar-refractivity contribution in [3.8, 4) is 5.75 Å². The second kappa shape index (κ2) is 9.63. The number of carboxylic acid groups (broad SMARTS) is 1. The van der Waals surface area contributed by atoms with Gasteiger partial charge in [0.1, 0.15) is 5.75 Å². The molecule has 0 saturated carbocycles. The van der Waals surface area contributed by atoms with Crippen molar-refractivity contribution in [2.24, 2.45) is 0 Å². The number of aromatic nitrogens is 2. The van der Waals surface area contributed by atoms with Crippen LogP contribution in [0.4, 0.5) is 0 Å². The summed E-state index contributed by atoms with van der Waals surface area (Å²) in [6.07, 6.45) is 0. The van der Waals surface area contributed by atoms with Crippen LogP contribution in [0.2, 0.25) is 0 Å². The minimum absolute atomic E-state index is 0.0646. The number of nitrogens with one attached hydrogen (secondary N) is 1. The molecule has 1 heterocycles. The Kier molecular flexibility index (Phi) is 6.82. The van der Waals surface area contributed by atoms with E-state index in [4.69, 9.17) is 5.41 Å². The first-order valence-electron chi connectivity index (χ1n) is 12.6. The summed E-state index contributed by atoms with van der Waals surface area (Å²) in [6.45, 7) is 12.1. The maximum atomic E-state index is 13.7. The fourth-order valence-corrected chi connectivity index (χ4v) is 4.83. The Morgan fingerprint density at radius 1 is 0.816 bits per heavy atom. The normalized spacial score (nSPS) is 12.2. The molecule has 7 heteroatoms. The summed E-state index contributed by atoms with van der Waals surface area (Å²) in [7, 11) is 0. The highest BCUT2D eigenvalue weighted by Gasteiger charge is 2.28. The molecule has 7 nitrogen and oxygen atoms in total. The van der Waals surface area contributed by atoms with Crippen LogP contribution in [0.1, 0.15) is 78.9 Å². The molecule has 0 fully saturated rings. The van der Waals surface area contributed by atoms with Crippen molar-refractivity contribution >= 4 is 22.8 Å². The van der Waals surface area contributed by atoms with Crippen LogP contribution in [-0.4, -0.2) is 31.1 Å². The summed E-state index contributed by atoms with van der Waals surface area (Å²) in [4.78, 5) is 25.5. The molecule has 1 aromatic heterocycles. The lowest BCUT2D eigenvalue weighted by Crippen LogP contribution is -2.28. The van der Waals surface area contributed by atoms with Gasteiger partial charge in [-0.3, -0.25) is 10.2 Å². The number of carbonyl (C=O) groups is 2. The molecule has 0 aliphatic carbocycles. The van der Waals surface area contributed by atoms with E-state index in [0.717, 1.165) is 5.52 Å². The van der Waals surface area contributed by atoms with Gasteiger partial charge < -0.3 is 19.3 Å². The monoisotopic (exact) mass is 513 g/mol. The molecule has 0 aliphatic heterocycles. The van der Waals surface area contributed by atoms with E-state index in [1.165, 1.54) is 0 Å². The van der Waals surface area contributed by atoms with Gasteiger partial charge in [-0.1, -0.05) is 71.9 Å². The van der Waals surface area contributed by atoms with Crippen LogP contribution in [0, 0.1) is 5.41 Å². The van der Waals surface area contributed by atoms with E-state index >= 15 is 0 Å². The summed E-state index contributed by atoms with van der Waals surface area (Å²) < 4.78 is 3.38. The Bertz CT molecular complexity index is 1580. The van der Waals surface area contributed by atoms with Crippen molar-refractivity contribution in [3.63, 3.8) is 0 Å². The molecule has 3 aromatic carbocycles.